The molecule has 0 saturated carbocycles. The van der Waals surface area contributed by atoms with Crippen molar-refractivity contribution in [3.63, 3.8) is 0 Å². The van der Waals surface area contributed by atoms with E-state index in [0.717, 1.165) is 18.4 Å². The molecule has 2 rings (SSSR count). The van der Waals surface area contributed by atoms with Crippen molar-refractivity contribution in [1.82, 2.24) is 5.32 Å². The number of carbonyl (C=O) groups is 1. The first-order valence-electron chi connectivity index (χ1n) is 6.68. The van der Waals surface area contributed by atoms with Crippen LogP contribution in [0.4, 0.5) is 0 Å². The summed E-state index contributed by atoms with van der Waals surface area (Å²) in [4.78, 5) is 11.7. The summed E-state index contributed by atoms with van der Waals surface area (Å²) < 4.78 is 4.96. The molecule has 104 valence electrons. The van der Waals surface area contributed by atoms with Gasteiger partial charge >= 0.3 is 0 Å². The van der Waals surface area contributed by atoms with Crippen molar-refractivity contribution in [2.75, 3.05) is 13.7 Å². The lowest BCUT2D eigenvalue weighted by molar-refractivity contribution is -0.131. The van der Waals surface area contributed by atoms with Crippen molar-refractivity contribution in [2.45, 2.75) is 37.9 Å². The van der Waals surface area contributed by atoms with Crippen molar-refractivity contribution >= 4 is 5.91 Å². The van der Waals surface area contributed by atoms with Gasteiger partial charge in [0.05, 0.1) is 6.54 Å². The molecule has 1 aromatic carbocycles. The summed E-state index contributed by atoms with van der Waals surface area (Å²) in [6.45, 7) is 1.92. The Kier molecular flexibility index (Phi) is 4.22. The van der Waals surface area contributed by atoms with Crippen LogP contribution in [0.25, 0.3) is 0 Å². The molecule has 0 fully saturated rings. The lowest BCUT2D eigenvalue weighted by atomic mass is 9.79. The maximum absolute atomic E-state index is 11.7. The minimum Gasteiger partial charge on any atom is -0.383 e. The maximum atomic E-state index is 11.7. The highest BCUT2D eigenvalue weighted by atomic mass is 16.5. The average Bonchev–Trinajstić information content (AvgIpc) is 2.44. The molecular formula is C15H21NO3. The Bertz CT molecular complexity index is 460. The second kappa shape index (κ2) is 5.72. The van der Waals surface area contributed by atoms with E-state index in [1.165, 1.54) is 12.7 Å². The Balaban J connectivity index is 2.10. The van der Waals surface area contributed by atoms with Crippen LogP contribution in [0.5, 0.6) is 0 Å². The second-order valence-electron chi connectivity index (χ2n) is 5.14. The van der Waals surface area contributed by atoms with E-state index in [4.69, 9.17) is 4.74 Å². The SMILES string of the molecule is COC(C)C(=O)NCC1(O)CCCc2ccccc21. The van der Waals surface area contributed by atoms with E-state index in [2.05, 4.69) is 5.32 Å². The molecule has 0 saturated heterocycles. The molecule has 1 aliphatic carbocycles. The van der Waals surface area contributed by atoms with Gasteiger partial charge in [-0.1, -0.05) is 24.3 Å². The number of fused-ring (bicyclic) bond motifs is 1. The summed E-state index contributed by atoms with van der Waals surface area (Å²) in [5.74, 6) is -0.195. The normalized spacial score (nSPS) is 23.5. The monoisotopic (exact) mass is 263 g/mol. The fraction of sp³-hybridized carbons (Fsp3) is 0.533. The second-order valence-corrected chi connectivity index (χ2v) is 5.14. The van der Waals surface area contributed by atoms with Gasteiger partial charge in [0.1, 0.15) is 11.7 Å². The minimum absolute atomic E-state index is 0.195. The standard InChI is InChI=1S/C15H21NO3/c1-11(19-2)14(17)16-10-15(18)9-5-7-12-6-3-4-8-13(12)15/h3-4,6,8,11,18H,5,7,9-10H2,1-2H3,(H,16,17). The molecular weight excluding hydrogens is 242 g/mol. The number of ether oxygens (including phenoxy) is 1. The molecule has 1 aliphatic rings. The van der Waals surface area contributed by atoms with Crippen molar-refractivity contribution in [2.24, 2.45) is 0 Å². The van der Waals surface area contributed by atoms with E-state index < -0.39 is 11.7 Å². The van der Waals surface area contributed by atoms with E-state index in [9.17, 15) is 9.90 Å². The summed E-state index contributed by atoms with van der Waals surface area (Å²) in [5, 5.41) is 13.5. The van der Waals surface area contributed by atoms with Crippen molar-refractivity contribution < 1.29 is 14.6 Å². The average molecular weight is 263 g/mol. The van der Waals surface area contributed by atoms with Crippen LogP contribution < -0.4 is 5.32 Å². The Hall–Kier alpha value is -1.39. The molecule has 0 bridgehead atoms. The van der Waals surface area contributed by atoms with Crippen LogP contribution in [0.3, 0.4) is 0 Å². The van der Waals surface area contributed by atoms with E-state index in [-0.39, 0.29) is 12.5 Å². The van der Waals surface area contributed by atoms with Gasteiger partial charge in [-0.15, -0.1) is 0 Å². The van der Waals surface area contributed by atoms with E-state index in [1.807, 2.05) is 24.3 Å². The summed E-state index contributed by atoms with van der Waals surface area (Å²) >= 11 is 0. The molecule has 4 nitrogen and oxygen atoms in total. The summed E-state index contributed by atoms with van der Waals surface area (Å²) in [7, 11) is 1.49. The fourth-order valence-electron chi connectivity index (χ4n) is 2.57. The van der Waals surface area contributed by atoms with Gasteiger partial charge in [-0.2, -0.15) is 0 Å². The molecule has 0 spiro atoms. The Morgan fingerprint density at radius 3 is 3.00 bits per heavy atom. The smallest absolute Gasteiger partial charge is 0.248 e. The van der Waals surface area contributed by atoms with Gasteiger partial charge in [0.25, 0.3) is 0 Å². The van der Waals surface area contributed by atoms with E-state index in [1.54, 1.807) is 6.92 Å². The van der Waals surface area contributed by atoms with Crippen LogP contribution >= 0.6 is 0 Å². The highest BCUT2D eigenvalue weighted by molar-refractivity contribution is 5.80. The number of hydrogen-bond donors (Lipinski definition) is 2. The zero-order valence-electron chi connectivity index (χ0n) is 11.5. The number of methoxy groups -OCH3 is 1. The van der Waals surface area contributed by atoms with Gasteiger partial charge in [-0.05, 0) is 37.3 Å². The first kappa shape index (κ1) is 14.0. The largest absolute Gasteiger partial charge is 0.383 e. The van der Waals surface area contributed by atoms with E-state index in [0.29, 0.717) is 6.42 Å². The predicted molar refractivity (Wildman–Crippen MR) is 72.8 cm³/mol. The predicted octanol–water partition coefficient (Wildman–Crippen LogP) is 1.36. The number of aliphatic hydroxyl groups is 1. The topological polar surface area (TPSA) is 58.6 Å². The van der Waals surface area contributed by atoms with E-state index >= 15 is 0 Å². The third-order valence-corrected chi connectivity index (χ3v) is 3.83. The molecule has 0 radical (unpaired) electrons. The number of nitrogens with one attached hydrogen (secondary N) is 1. The number of hydrogen-bond acceptors (Lipinski definition) is 3. The molecule has 1 amide bonds. The zero-order valence-corrected chi connectivity index (χ0v) is 11.5. The summed E-state index contributed by atoms with van der Waals surface area (Å²) in [6.07, 6.45) is 2.10. The first-order valence-corrected chi connectivity index (χ1v) is 6.68. The molecule has 0 aromatic heterocycles. The third kappa shape index (κ3) is 2.96. The molecule has 2 unspecified atom stereocenters. The molecule has 2 atom stereocenters. The number of carbonyl (C=O) groups excluding carboxylic acids is 1. The molecule has 2 N–H and O–H groups in total. The maximum Gasteiger partial charge on any atom is 0.248 e. The molecule has 19 heavy (non-hydrogen) atoms. The lowest BCUT2D eigenvalue weighted by Gasteiger charge is -2.34. The van der Waals surface area contributed by atoms with Gasteiger partial charge in [0, 0.05) is 7.11 Å². The van der Waals surface area contributed by atoms with Crippen LogP contribution in [-0.2, 0) is 21.6 Å². The van der Waals surface area contributed by atoms with Gasteiger partial charge in [-0.25, -0.2) is 0 Å². The zero-order chi connectivity index (χ0) is 13.9. The van der Waals surface area contributed by atoms with Crippen LogP contribution in [0.1, 0.15) is 30.9 Å². The number of amides is 1. The molecule has 1 aromatic rings. The summed E-state index contributed by atoms with van der Waals surface area (Å²) in [6, 6.07) is 7.89. The minimum atomic E-state index is -0.960. The number of rotatable bonds is 4. The summed E-state index contributed by atoms with van der Waals surface area (Å²) in [5.41, 5.74) is 1.15. The Labute approximate surface area is 113 Å². The van der Waals surface area contributed by atoms with Crippen LogP contribution in [0.15, 0.2) is 24.3 Å². The van der Waals surface area contributed by atoms with Crippen LogP contribution in [-0.4, -0.2) is 30.8 Å². The van der Waals surface area contributed by atoms with Crippen molar-refractivity contribution in [1.29, 1.82) is 0 Å². The number of aryl methyl sites for hydroxylation is 1. The van der Waals surface area contributed by atoms with Gasteiger partial charge in [0.2, 0.25) is 5.91 Å². The first-order chi connectivity index (χ1) is 9.07. The lowest BCUT2D eigenvalue weighted by Crippen LogP contribution is -2.45. The van der Waals surface area contributed by atoms with Crippen LogP contribution in [0, 0.1) is 0 Å². The van der Waals surface area contributed by atoms with Crippen molar-refractivity contribution in [3.05, 3.63) is 35.4 Å². The van der Waals surface area contributed by atoms with Gasteiger partial charge < -0.3 is 15.2 Å². The number of benzene rings is 1. The Morgan fingerprint density at radius 1 is 1.53 bits per heavy atom. The van der Waals surface area contributed by atoms with Crippen LogP contribution in [0.2, 0.25) is 0 Å². The quantitative estimate of drug-likeness (QED) is 0.862. The molecule has 0 aliphatic heterocycles. The highest BCUT2D eigenvalue weighted by Gasteiger charge is 2.34. The van der Waals surface area contributed by atoms with Crippen molar-refractivity contribution in [3.8, 4) is 0 Å². The Morgan fingerprint density at radius 2 is 2.26 bits per heavy atom. The van der Waals surface area contributed by atoms with Gasteiger partial charge in [0.15, 0.2) is 0 Å². The molecule has 0 heterocycles. The fourth-order valence-corrected chi connectivity index (χ4v) is 2.57. The third-order valence-electron chi connectivity index (χ3n) is 3.83. The molecule has 4 heteroatoms. The highest BCUT2D eigenvalue weighted by Crippen LogP contribution is 2.34. The van der Waals surface area contributed by atoms with Gasteiger partial charge in [-0.3, -0.25) is 4.79 Å².